The summed E-state index contributed by atoms with van der Waals surface area (Å²) < 4.78 is 5.14. The molecule has 1 aromatic carbocycles. The molecule has 0 aromatic heterocycles. The minimum atomic E-state index is 0.120. The lowest BCUT2D eigenvalue weighted by molar-refractivity contribution is 0.554. The summed E-state index contributed by atoms with van der Waals surface area (Å²) in [6.45, 7) is 8.62. The number of rotatable bonds is 1. The lowest BCUT2D eigenvalue weighted by Gasteiger charge is -2.21. The van der Waals surface area contributed by atoms with E-state index >= 15 is 0 Å². The summed E-state index contributed by atoms with van der Waals surface area (Å²) in [4.78, 5) is 0. The molecule has 0 heterocycles. The highest BCUT2D eigenvalue weighted by atomic mass is 79.9. The first-order chi connectivity index (χ1) is 5.95. The SMILES string of the molecule is Cc1ccc(OBr)c(C(C)(C)C)c1. The fraction of sp³-hybridized carbons (Fsp3) is 0.455. The molecule has 0 aliphatic carbocycles. The molecule has 2 heteroatoms. The van der Waals surface area contributed by atoms with Crippen molar-refractivity contribution in [2.24, 2.45) is 0 Å². The molecule has 0 amide bonds. The molecule has 0 atom stereocenters. The first kappa shape index (κ1) is 10.6. The van der Waals surface area contributed by atoms with Gasteiger partial charge in [0.25, 0.3) is 0 Å². The van der Waals surface area contributed by atoms with Crippen LogP contribution in [0.15, 0.2) is 18.2 Å². The van der Waals surface area contributed by atoms with Gasteiger partial charge in [-0.25, -0.2) is 0 Å². The molecule has 0 bridgehead atoms. The Morgan fingerprint density at radius 3 is 2.31 bits per heavy atom. The number of aryl methyl sites for hydroxylation is 1. The maximum Gasteiger partial charge on any atom is 0.179 e. The van der Waals surface area contributed by atoms with E-state index in [1.807, 2.05) is 12.1 Å². The quantitative estimate of drug-likeness (QED) is 0.724. The second kappa shape index (κ2) is 3.70. The molecule has 0 aliphatic rings. The molecule has 0 unspecified atom stereocenters. The minimum Gasteiger partial charge on any atom is -0.418 e. The van der Waals surface area contributed by atoms with E-state index in [0.29, 0.717) is 0 Å². The zero-order valence-electron chi connectivity index (χ0n) is 8.52. The summed E-state index contributed by atoms with van der Waals surface area (Å²) in [5.74, 6) is 0.901. The van der Waals surface area contributed by atoms with Crippen molar-refractivity contribution in [2.75, 3.05) is 0 Å². The Labute approximate surface area is 88.6 Å². The van der Waals surface area contributed by atoms with Crippen molar-refractivity contribution in [3.8, 4) is 5.75 Å². The van der Waals surface area contributed by atoms with Gasteiger partial charge in [0.15, 0.2) is 16.3 Å². The first-order valence-corrected chi connectivity index (χ1v) is 4.99. The van der Waals surface area contributed by atoms with Crippen molar-refractivity contribution in [3.05, 3.63) is 29.3 Å². The van der Waals surface area contributed by atoms with Crippen LogP contribution in [0.5, 0.6) is 5.75 Å². The smallest absolute Gasteiger partial charge is 0.179 e. The molecular formula is C11H15BrO. The Hall–Kier alpha value is -0.500. The number of halogens is 1. The Morgan fingerprint density at radius 2 is 1.85 bits per heavy atom. The van der Waals surface area contributed by atoms with Gasteiger partial charge in [0, 0.05) is 5.56 Å². The van der Waals surface area contributed by atoms with Gasteiger partial charge in [0.05, 0.1) is 0 Å². The third-order valence-corrected chi connectivity index (χ3v) is 2.37. The minimum absolute atomic E-state index is 0.120. The van der Waals surface area contributed by atoms with Crippen LogP contribution in [0.3, 0.4) is 0 Å². The number of hydrogen-bond acceptors (Lipinski definition) is 1. The molecule has 0 N–H and O–H groups in total. The topological polar surface area (TPSA) is 9.23 Å². The van der Waals surface area contributed by atoms with Crippen molar-refractivity contribution < 1.29 is 3.83 Å². The second-order valence-electron chi connectivity index (χ2n) is 4.33. The van der Waals surface area contributed by atoms with Crippen LogP contribution >= 0.6 is 16.3 Å². The molecule has 1 rings (SSSR count). The van der Waals surface area contributed by atoms with Gasteiger partial charge in [0.1, 0.15) is 5.75 Å². The fourth-order valence-corrected chi connectivity index (χ4v) is 1.58. The summed E-state index contributed by atoms with van der Waals surface area (Å²) >= 11 is 3.03. The van der Waals surface area contributed by atoms with Crippen LogP contribution in [0.2, 0.25) is 0 Å². The van der Waals surface area contributed by atoms with Gasteiger partial charge < -0.3 is 3.83 Å². The van der Waals surface area contributed by atoms with Crippen molar-refractivity contribution in [3.63, 3.8) is 0 Å². The maximum absolute atomic E-state index is 5.14. The van der Waals surface area contributed by atoms with E-state index in [1.54, 1.807) is 0 Å². The van der Waals surface area contributed by atoms with Crippen molar-refractivity contribution >= 4 is 16.3 Å². The lowest BCUT2D eigenvalue weighted by Crippen LogP contribution is -2.12. The molecule has 0 fully saturated rings. The van der Waals surface area contributed by atoms with Crippen molar-refractivity contribution in [1.82, 2.24) is 0 Å². The molecular weight excluding hydrogens is 228 g/mol. The predicted molar refractivity (Wildman–Crippen MR) is 59.4 cm³/mol. The fourth-order valence-electron chi connectivity index (χ4n) is 1.30. The lowest BCUT2D eigenvalue weighted by atomic mass is 9.85. The average molecular weight is 243 g/mol. The van der Waals surface area contributed by atoms with Gasteiger partial charge in [-0.05, 0) is 18.4 Å². The van der Waals surface area contributed by atoms with Gasteiger partial charge in [-0.15, -0.1) is 0 Å². The van der Waals surface area contributed by atoms with Gasteiger partial charge in [-0.3, -0.25) is 0 Å². The van der Waals surface area contributed by atoms with E-state index in [-0.39, 0.29) is 5.41 Å². The largest absolute Gasteiger partial charge is 0.418 e. The van der Waals surface area contributed by atoms with E-state index < -0.39 is 0 Å². The van der Waals surface area contributed by atoms with Crippen LogP contribution in [-0.2, 0) is 5.41 Å². The van der Waals surface area contributed by atoms with E-state index in [9.17, 15) is 0 Å². The maximum atomic E-state index is 5.14. The highest BCUT2D eigenvalue weighted by Gasteiger charge is 2.18. The standard InChI is InChI=1S/C11H15BrO/c1-8-5-6-10(13-12)9(7-8)11(2,3)4/h5-7H,1-4H3. The Kier molecular flexibility index (Phi) is 3.01. The molecule has 0 radical (unpaired) electrons. The molecule has 0 saturated carbocycles. The zero-order valence-corrected chi connectivity index (χ0v) is 10.1. The monoisotopic (exact) mass is 242 g/mol. The van der Waals surface area contributed by atoms with E-state index in [1.165, 1.54) is 11.1 Å². The van der Waals surface area contributed by atoms with E-state index in [0.717, 1.165) is 5.75 Å². The van der Waals surface area contributed by atoms with Crippen LogP contribution in [0, 0.1) is 6.92 Å². The van der Waals surface area contributed by atoms with Crippen LogP contribution in [0.4, 0.5) is 0 Å². The summed E-state index contributed by atoms with van der Waals surface area (Å²) in [6.07, 6.45) is 0. The molecule has 0 aliphatic heterocycles. The third-order valence-electron chi connectivity index (χ3n) is 2.03. The normalized spacial score (nSPS) is 11.5. The highest BCUT2D eigenvalue weighted by Crippen LogP contribution is 2.32. The first-order valence-electron chi connectivity index (χ1n) is 4.35. The number of benzene rings is 1. The second-order valence-corrected chi connectivity index (χ2v) is 4.65. The van der Waals surface area contributed by atoms with Crippen LogP contribution in [0.25, 0.3) is 0 Å². The molecule has 1 nitrogen and oxygen atoms in total. The van der Waals surface area contributed by atoms with E-state index in [2.05, 4.69) is 50.0 Å². The van der Waals surface area contributed by atoms with Crippen molar-refractivity contribution in [1.29, 1.82) is 0 Å². The summed E-state index contributed by atoms with van der Waals surface area (Å²) in [5.41, 5.74) is 2.61. The van der Waals surface area contributed by atoms with Gasteiger partial charge in [0.2, 0.25) is 0 Å². The average Bonchev–Trinajstić information content (AvgIpc) is 2.03. The van der Waals surface area contributed by atoms with Crippen LogP contribution in [0.1, 0.15) is 31.9 Å². The Morgan fingerprint density at radius 1 is 1.23 bits per heavy atom. The predicted octanol–water partition coefficient (Wildman–Crippen LogP) is 3.98. The summed E-state index contributed by atoms with van der Waals surface area (Å²) in [5, 5.41) is 0. The summed E-state index contributed by atoms with van der Waals surface area (Å²) in [6, 6.07) is 6.20. The Bertz CT molecular complexity index is 299. The highest BCUT2D eigenvalue weighted by molar-refractivity contribution is 9.06. The van der Waals surface area contributed by atoms with Gasteiger partial charge >= 0.3 is 0 Å². The summed E-state index contributed by atoms with van der Waals surface area (Å²) in [7, 11) is 0. The van der Waals surface area contributed by atoms with E-state index in [4.69, 9.17) is 3.83 Å². The molecule has 0 spiro atoms. The molecule has 13 heavy (non-hydrogen) atoms. The Balaban J connectivity index is 3.24. The van der Waals surface area contributed by atoms with Crippen molar-refractivity contribution in [2.45, 2.75) is 33.1 Å². The van der Waals surface area contributed by atoms with Gasteiger partial charge in [-0.2, -0.15) is 0 Å². The molecule has 1 aromatic rings. The van der Waals surface area contributed by atoms with Crippen LogP contribution < -0.4 is 3.83 Å². The zero-order chi connectivity index (χ0) is 10.1. The molecule has 0 saturated heterocycles. The van der Waals surface area contributed by atoms with Gasteiger partial charge in [-0.1, -0.05) is 38.5 Å². The molecule has 72 valence electrons. The third kappa shape index (κ3) is 2.47. The van der Waals surface area contributed by atoms with Crippen LogP contribution in [-0.4, -0.2) is 0 Å². The number of hydrogen-bond donors (Lipinski definition) is 0.